The second kappa shape index (κ2) is 5.69. The van der Waals surface area contributed by atoms with E-state index in [1.807, 2.05) is 0 Å². The molecule has 0 saturated carbocycles. The third kappa shape index (κ3) is 2.21. The third-order valence-electron chi connectivity index (χ3n) is 4.87. The monoisotopic (exact) mass is 394 g/mol. The number of fused-ring (bicyclic) bond motifs is 3. The van der Waals surface area contributed by atoms with Gasteiger partial charge in [0.05, 0.1) is 11.4 Å². The number of hydrogen-bond donors (Lipinski definition) is 4. The van der Waals surface area contributed by atoms with Crippen molar-refractivity contribution < 1.29 is 23.9 Å². The minimum Gasteiger partial charge on any atom is -0.454 e. The molecule has 0 fully saturated rings. The fraction of sp³-hybridized carbons (Fsp3) is 0.111. The number of rotatable bonds is 2. The summed E-state index contributed by atoms with van der Waals surface area (Å²) in [5.41, 5.74) is 6.67. The van der Waals surface area contributed by atoms with Gasteiger partial charge in [-0.25, -0.2) is 11.0 Å². The van der Waals surface area contributed by atoms with Gasteiger partial charge in [-0.1, -0.05) is 0 Å². The maximum atomic E-state index is 8.64. The second-order valence-corrected chi connectivity index (χ2v) is 6.45. The van der Waals surface area contributed by atoms with Gasteiger partial charge in [0.15, 0.2) is 45.6 Å². The maximum Gasteiger partial charge on any atom is 0.231 e. The summed E-state index contributed by atoms with van der Waals surface area (Å²) in [6, 6.07) is 10.6. The van der Waals surface area contributed by atoms with Crippen molar-refractivity contribution in [3.05, 3.63) is 47.4 Å². The average Bonchev–Trinajstić information content (AvgIpc) is 3.48. The minimum absolute atomic E-state index is 0.0555. The Morgan fingerprint density at radius 3 is 1.59 bits per heavy atom. The SMILES string of the molecule is N=c1c(=N)n(-c2ccc3c(c2)OCO3)c2c(n1-c1ccc3c(c1)OCO3)NON2. The minimum atomic E-state index is -0.0555. The lowest BCUT2D eigenvalue weighted by atomic mass is 10.2. The summed E-state index contributed by atoms with van der Waals surface area (Å²) in [5.74, 6) is 3.35. The van der Waals surface area contributed by atoms with Crippen LogP contribution < -0.4 is 40.9 Å². The zero-order valence-electron chi connectivity index (χ0n) is 14.8. The Morgan fingerprint density at radius 1 is 0.655 bits per heavy atom. The van der Waals surface area contributed by atoms with Gasteiger partial charge in [-0.15, -0.1) is 0 Å². The van der Waals surface area contributed by atoms with Gasteiger partial charge in [-0.05, 0) is 24.3 Å². The molecular weight excluding hydrogens is 380 g/mol. The Hall–Kier alpha value is -4.12. The molecule has 6 rings (SSSR count). The fourth-order valence-corrected chi connectivity index (χ4v) is 3.52. The van der Waals surface area contributed by atoms with Crippen molar-refractivity contribution in [3.8, 4) is 34.4 Å². The molecule has 29 heavy (non-hydrogen) atoms. The van der Waals surface area contributed by atoms with E-state index in [1.54, 1.807) is 45.5 Å². The van der Waals surface area contributed by atoms with Gasteiger partial charge >= 0.3 is 0 Å². The quantitative estimate of drug-likeness (QED) is 0.517. The van der Waals surface area contributed by atoms with E-state index in [1.165, 1.54) is 0 Å². The molecule has 4 N–H and O–H groups in total. The number of nitrogens with one attached hydrogen (secondary N) is 4. The highest BCUT2D eigenvalue weighted by Crippen LogP contribution is 2.37. The van der Waals surface area contributed by atoms with Crippen LogP contribution in [0.25, 0.3) is 11.4 Å². The Morgan fingerprint density at radius 2 is 1.10 bits per heavy atom. The first-order valence-corrected chi connectivity index (χ1v) is 8.70. The van der Waals surface area contributed by atoms with Crippen LogP contribution in [0.2, 0.25) is 0 Å². The zero-order chi connectivity index (χ0) is 19.5. The van der Waals surface area contributed by atoms with Crippen LogP contribution in [-0.4, -0.2) is 22.7 Å². The highest BCUT2D eigenvalue weighted by atomic mass is 16.8. The predicted molar refractivity (Wildman–Crippen MR) is 97.4 cm³/mol. The molecule has 0 atom stereocenters. The molecule has 3 aliphatic rings. The Kier molecular flexibility index (Phi) is 3.12. The smallest absolute Gasteiger partial charge is 0.231 e. The molecule has 0 radical (unpaired) electrons. The second-order valence-electron chi connectivity index (χ2n) is 6.45. The van der Waals surface area contributed by atoms with Gasteiger partial charge in [-0.3, -0.25) is 20.0 Å². The molecule has 3 aliphatic heterocycles. The molecule has 146 valence electrons. The largest absolute Gasteiger partial charge is 0.454 e. The molecule has 11 heteroatoms. The molecule has 11 nitrogen and oxygen atoms in total. The van der Waals surface area contributed by atoms with Gasteiger partial charge in [-0.2, -0.15) is 4.94 Å². The van der Waals surface area contributed by atoms with Crippen LogP contribution in [0.4, 0.5) is 11.6 Å². The summed E-state index contributed by atoms with van der Waals surface area (Å²) in [6.07, 6.45) is 0. The van der Waals surface area contributed by atoms with Gasteiger partial charge in [0, 0.05) is 12.1 Å². The highest BCUT2D eigenvalue weighted by Gasteiger charge is 2.25. The van der Waals surface area contributed by atoms with Gasteiger partial charge < -0.3 is 18.9 Å². The van der Waals surface area contributed by atoms with E-state index in [0.717, 1.165) is 0 Å². The molecule has 3 aromatic rings. The van der Waals surface area contributed by atoms with Crippen molar-refractivity contribution in [2.24, 2.45) is 0 Å². The Bertz CT molecular complexity index is 1200. The molecule has 0 aliphatic carbocycles. The molecule has 4 heterocycles. The summed E-state index contributed by atoms with van der Waals surface area (Å²) >= 11 is 0. The van der Waals surface area contributed by atoms with E-state index in [-0.39, 0.29) is 24.6 Å². The molecule has 0 amide bonds. The topological polar surface area (TPSA) is 128 Å². The van der Waals surface area contributed by atoms with Gasteiger partial charge in [0.25, 0.3) is 0 Å². The number of benzene rings is 2. The molecule has 0 bridgehead atoms. The summed E-state index contributed by atoms with van der Waals surface area (Å²) in [4.78, 5) is 5.21. The molecule has 0 saturated heterocycles. The van der Waals surface area contributed by atoms with E-state index < -0.39 is 0 Å². The van der Waals surface area contributed by atoms with Crippen molar-refractivity contribution in [2.75, 3.05) is 24.5 Å². The lowest BCUT2D eigenvalue weighted by molar-refractivity contribution is 0.173. The van der Waals surface area contributed by atoms with E-state index in [2.05, 4.69) is 11.0 Å². The number of aromatic nitrogens is 2. The fourth-order valence-electron chi connectivity index (χ4n) is 3.52. The standard InChI is InChI=1S/C18H14N6O5/c19-15-16(20)24(10-2-4-12-14(6-10)28-8-26-12)18-17(21-29-22-18)23(15)9-1-3-11-13(5-9)27-7-25-11/h1-6,19-22H,7-8H2. The molecule has 0 spiro atoms. The maximum absolute atomic E-state index is 8.64. The first-order valence-electron chi connectivity index (χ1n) is 8.70. The number of hydrogen-bond acceptors (Lipinski definition) is 9. The van der Waals surface area contributed by atoms with Crippen LogP contribution >= 0.6 is 0 Å². The van der Waals surface area contributed by atoms with Crippen LogP contribution in [0.5, 0.6) is 23.0 Å². The van der Waals surface area contributed by atoms with Crippen molar-refractivity contribution >= 4 is 11.6 Å². The molecule has 1 aromatic heterocycles. The summed E-state index contributed by atoms with van der Waals surface area (Å²) in [6.45, 7) is 0.307. The van der Waals surface area contributed by atoms with Crippen molar-refractivity contribution in [1.29, 1.82) is 10.8 Å². The van der Waals surface area contributed by atoms with E-state index in [0.29, 0.717) is 46.0 Å². The third-order valence-corrected chi connectivity index (χ3v) is 4.87. The summed E-state index contributed by atoms with van der Waals surface area (Å²) in [5, 5.41) is 17.3. The van der Waals surface area contributed by atoms with E-state index >= 15 is 0 Å². The van der Waals surface area contributed by atoms with Crippen molar-refractivity contribution in [2.45, 2.75) is 0 Å². The van der Waals surface area contributed by atoms with Gasteiger partial charge in [0.2, 0.25) is 13.6 Å². The van der Waals surface area contributed by atoms with Crippen molar-refractivity contribution in [3.63, 3.8) is 0 Å². The summed E-state index contributed by atoms with van der Waals surface area (Å²) in [7, 11) is 0. The van der Waals surface area contributed by atoms with Crippen LogP contribution in [0.1, 0.15) is 0 Å². The van der Waals surface area contributed by atoms with Crippen LogP contribution in [0, 0.1) is 10.8 Å². The first-order chi connectivity index (χ1) is 14.2. The molecule has 0 unspecified atom stereocenters. The lowest BCUT2D eigenvalue weighted by Gasteiger charge is -2.17. The summed E-state index contributed by atoms with van der Waals surface area (Å²) < 4.78 is 24.7. The van der Waals surface area contributed by atoms with Crippen LogP contribution in [-0.2, 0) is 4.94 Å². The van der Waals surface area contributed by atoms with Crippen LogP contribution in [0.15, 0.2) is 36.4 Å². The van der Waals surface area contributed by atoms with Gasteiger partial charge in [0.1, 0.15) is 0 Å². The average molecular weight is 394 g/mol. The Labute approximate surface area is 162 Å². The highest BCUT2D eigenvalue weighted by molar-refractivity contribution is 5.68. The number of nitrogens with zero attached hydrogens (tertiary/aromatic N) is 2. The zero-order valence-corrected chi connectivity index (χ0v) is 14.8. The predicted octanol–water partition coefficient (Wildman–Crippen LogP) is 1.37. The first kappa shape index (κ1) is 15.9. The normalized spacial score (nSPS) is 15.0. The lowest BCUT2D eigenvalue weighted by Crippen LogP contribution is -2.41. The number of anilines is 2. The van der Waals surface area contributed by atoms with E-state index in [9.17, 15) is 0 Å². The molecule has 2 aromatic carbocycles. The number of ether oxygens (including phenoxy) is 4. The van der Waals surface area contributed by atoms with Crippen molar-refractivity contribution in [1.82, 2.24) is 9.13 Å². The Balaban J connectivity index is 1.58. The molecular formula is C18H14N6O5. The van der Waals surface area contributed by atoms with E-state index in [4.69, 9.17) is 34.7 Å². The van der Waals surface area contributed by atoms with Crippen LogP contribution in [0.3, 0.4) is 0 Å².